The number of hydrogen-bond acceptors (Lipinski definition) is 2. The Bertz CT molecular complexity index is 3170. The molecule has 0 fully saturated rings. The first-order chi connectivity index (χ1) is 26.7. The SMILES string of the molecule is N#Cc1cccc(-c2ccc(-n3c4ccccc4c4ccc(-c5ccccc5)cc43)c(C#N)c2-n2c3ccccc3c3ccc(-c4ccccc4)cc32)c1. The van der Waals surface area contributed by atoms with Gasteiger partial charge in [0.05, 0.1) is 45.1 Å². The van der Waals surface area contributed by atoms with Gasteiger partial charge in [0.1, 0.15) is 11.6 Å². The highest BCUT2D eigenvalue weighted by Gasteiger charge is 2.24. The van der Waals surface area contributed by atoms with Crippen LogP contribution in [0.2, 0.25) is 0 Å². The Balaban J connectivity index is 1.35. The van der Waals surface area contributed by atoms with Crippen molar-refractivity contribution in [1.29, 1.82) is 10.5 Å². The van der Waals surface area contributed by atoms with Crippen molar-refractivity contribution < 1.29 is 0 Å². The molecule has 0 aliphatic heterocycles. The van der Waals surface area contributed by atoms with E-state index in [-0.39, 0.29) is 0 Å². The molecule has 2 heterocycles. The largest absolute Gasteiger partial charge is 0.308 e. The number of hydrogen-bond donors (Lipinski definition) is 0. The Kier molecular flexibility index (Phi) is 7.22. The van der Waals surface area contributed by atoms with Crippen LogP contribution in [0.4, 0.5) is 0 Å². The van der Waals surface area contributed by atoms with Crippen molar-refractivity contribution in [3.05, 3.63) is 193 Å². The lowest BCUT2D eigenvalue weighted by atomic mass is 9.96. The lowest BCUT2D eigenvalue weighted by Crippen LogP contribution is -2.06. The third-order valence-corrected chi connectivity index (χ3v) is 10.6. The quantitative estimate of drug-likeness (QED) is 0.181. The van der Waals surface area contributed by atoms with Gasteiger partial charge in [0.25, 0.3) is 0 Å². The molecule has 0 saturated carbocycles. The fraction of sp³-hybridized carbons (Fsp3) is 0. The molecule has 4 nitrogen and oxygen atoms in total. The van der Waals surface area contributed by atoms with Crippen LogP contribution >= 0.6 is 0 Å². The number of nitriles is 2. The highest BCUT2D eigenvalue weighted by molar-refractivity contribution is 6.12. The highest BCUT2D eigenvalue weighted by Crippen LogP contribution is 2.43. The summed E-state index contributed by atoms with van der Waals surface area (Å²) < 4.78 is 4.51. The van der Waals surface area contributed by atoms with E-state index in [2.05, 4.69) is 167 Å². The summed E-state index contributed by atoms with van der Waals surface area (Å²) in [5.41, 5.74) is 12.9. The van der Waals surface area contributed by atoms with Gasteiger partial charge in [-0.2, -0.15) is 10.5 Å². The van der Waals surface area contributed by atoms with Gasteiger partial charge >= 0.3 is 0 Å². The van der Waals surface area contributed by atoms with E-state index in [0.29, 0.717) is 11.1 Å². The predicted octanol–water partition coefficient (Wildman–Crippen LogP) is 12.6. The summed E-state index contributed by atoms with van der Waals surface area (Å²) in [7, 11) is 0. The number of para-hydroxylation sites is 2. The minimum absolute atomic E-state index is 0.537. The van der Waals surface area contributed by atoms with Gasteiger partial charge in [0, 0.05) is 27.1 Å². The van der Waals surface area contributed by atoms with E-state index in [1.54, 1.807) is 0 Å². The van der Waals surface area contributed by atoms with Crippen LogP contribution in [0, 0.1) is 22.7 Å². The Labute approximate surface area is 312 Å². The topological polar surface area (TPSA) is 57.4 Å². The van der Waals surface area contributed by atoms with E-state index in [9.17, 15) is 10.5 Å². The van der Waals surface area contributed by atoms with Crippen LogP contribution < -0.4 is 0 Å². The van der Waals surface area contributed by atoms with Gasteiger partial charge in [0.15, 0.2) is 0 Å². The first kappa shape index (κ1) is 31.1. The van der Waals surface area contributed by atoms with E-state index in [1.807, 2.05) is 36.4 Å². The van der Waals surface area contributed by atoms with Gasteiger partial charge in [-0.3, -0.25) is 0 Å². The van der Waals surface area contributed by atoms with E-state index in [1.165, 1.54) is 0 Å². The standard InChI is InChI=1S/C50H30N4/c51-31-33-12-11-17-38(28-33)39-26-27-47(53-45-20-9-7-18-40(45)42-24-22-36(29-48(42)53)34-13-3-1-4-14-34)44(32-52)50(39)54-46-21-10-8-19-41(46)43-25-23-37(30-49(43)54)35-15-5-2-6-16-35/h1-30H. The first-order valence-corrected chi connectivity index (χ1v) is 18.0. The van der Waals surface area contributed by atoms with Crippen LogP contribution in [0.5, 0.6) is 0 Å². The zero-order valence-corrected chi connectivity index (χ0v) is 29.1. The van der Waals surface area contributed by atoms with Crippen LogP contribution in [0.3, 0.4) is 0 Å². The van der Waals surface area contributed by atoms with Crippen molar-refractivity contribution in [3.63, 3.8) is 0 Å². The number of benzene rings is 8. The van der Waals surface area contributed by atoms with Crippen molar-refractivity contribution in [1.82, 2.24) is 9.13 Å². The molecule has 0 N–H and O–H groups in total. The molecular weight excluding hydrogens is 657 g/mol. The van der Waals surface area contributed by atoms with Crippen molar-refractivity contribution in [2.45, 2.75) is 0 Å². The summed E-state index contributed by atoms with van der Waals surface area (Å²) in [5, 5.41) is 25.9. The second-order valence-corrected chi connectivity index (χ2v) is 13.6. The molecule has 4 heteroatoms. The minimum atomic E-state index is 0.537. The average molecular weight is 687 g/mol. The molecule has 10 aromatic rings. The smallest absolute Gasteiger partial charge is 0.104 e. The third-order valence-electron chi connectivity index (χ3n) is 10.6. The molecule has 250 valence electrons. The van der Waals surface area contributed by atoms with Gasteiger partial charge in [-0.15, -0.1) is 0 Å². The molecule has 2 aromatic heterocycles. The van der Waals surface area contributed by atoms with E-state index >= 15 is 0 Å². The molecule has 0 aliphatic carbocycles. The molecule has 8 aromatic carbocycles. The van der Waals surface area contributed by atoms with Gasteiger partial charge in [-0.05, 0) is 70.3 Å². The highest BCUT2D eigenvalue weighted by atomic mass is 15.0. The molecule has 0 unspecified atom stereocenters. The molecule has 0 aliphatic rings. The number of fused-ring (bicyclic) bond motifs is 6. The third kappa shape index (κ3) is 4.83. The molecule has 0 radical (unpaired) electrons. The first-order valence-electron chi connectivity index (χ1n) is 18.0. The number of aromatic nitrogens is 2. The lowest BCUT2D eigenvalue weighted by Gasteiger charge is -2.20. The maximum Gasteiger partial charge on any atom is 0.104 e. The van der Waals surface area contributed by atoms with Crippen LogP contribution in [0.25, 0.3) is 88.4 Å². The van der Waals surface area contributed by atoms with E-state index < -0.39 is 0 Å². The van der Waals surface area contributed by atoms with Crippen LogP contribution in [0.1, 0.15) is 11.1 Å². The minimum Gasteiger partial charge on any atom is -0.308 e. The van der Waals surface area contributed by atoms with Gasteiger partial charge in [0.2, 0.25) is 0 Å². The molecule has 0 saturated heterocycles. The number of nitrogens with zero attached hydrogens (tertiary/aromatic N) is 4. The van der Waals surface area contributed by atoms with Gasteiger partial charge < -0.3 is 9.13 Å². The summed E-state index contributed by atoms with van der Waals surface area (Å²) in [6.45, 7) is 0. The maximum absolute atomic E-state index is 11.5. The second-order valence-electron chi connectivity index (χ2n) is 13.6. The fourth-order valence-corrected chi connectivity index (χ4v) is 8.16. The lowest BCUT2D eigenvalue weighted by molar-refractivity contribution is 1.12. The molecule has 54 heavy (non-hydrogen) atoms. The fourth-order valence-electron chi connectivity index (χ4n) is 8.16. The maximum atomic E-state index is 11.5. The zero-order valence-electron chi connectivity index (χ0n) is 29.1. The van der Waals surface area contributed by atoms with Gasteiger partial charge in [-0.25, -0.2) is 0 Å². The molecular formula is C50H30N4. The summed E-state index contributed by atoms with van der Waals surface area (Å²) in [5.74, 6) is 0. The Morgan fingerprint density at radius 3 is 1.46 bits per heavy atom. The van der Waals surface area contributed by atoms with Gasteiger partial charge in [-0.1, -0.05) is 140 Å². The summed E-state index contributed by atoms with van der Waals surface area (Å²) in [4.78, 5) is 0. The molecule has 0 amide bonds. The van der Waals surface area contributed by atoms with Crippen molar-refractivity contribution >= 4 is 43.6 Å². The van der Waals surface area contributed by atoms with Crippen LogP contribution in [0.15, 0.2) is 182 Å². The molecule has 0 atom stereocenters. The van der Waals surface area contributed by atoms with Crippen molar-refractivity contribution in [2.24, 2.45) is 0 Å². The molecule has 0 spiro atoms. The van der Waals surface area contributed by atoms with Crippen LogP contribution in [-0.2, 0) is 0 Å². The van der Waals surface area contributed by atoms with Crippen LogP contribution in [-0.4, -0.2) is 9.13 Å². The van der Waals surface area contributed by atoms with E-state index in [0.717, 1.165) is 88.4 Å². The Morgan fingerprint density at radius 1 is 0.352 bits per heavy atom. The normalized spacial score (nSPS) is 11.3. The van der Waals surface area contributed by atoms with E-state index in [4.69, 9.17) is 0 Å². The average Bonchev–Trinajstić information content (AvgIpc) is 3.75. The van der Waals surface area contributed by atoms with Crippen molar-refractivity contribution in [3.8, 4) is 56.9 Å². The molecule has 0 bridgehead atoms. The summed E-state index contributed by atoms with van der Waals surface area (Å²) in [6, 6.07) is 67.8. The second kappa shape index (κ2) is 12.5. The summed E-state index contributed by atoms with van der Waals surface area (Å²) >= 11 is 0. The Morgan fingerprint density at radius 2 is 0.870 bits per heavy atom. The number of rotatable bonds is 5. The summed E-state index contributed by atoms with van der Waals surface area (Å²) in [6.07, 6.45) is 0. The molecule has 10 rings (SSSR count). The predicted molar refractivity (Wildman–Crippen MR) is 221 cm³/mol. The van der Waals surface area contributed by atoms with Crippen molar-refractivity contribution in [2.75, 3.05) is 0 Å². The zero-order chi connectivity index (χ0) is 36.2. The Hall–Kier alpha value is -7.66. The monoisotopic (exact) mass is 686 g/mol.